The maximum atomic E-state index is 13.2. The van der Waals surface area contributed by atoms with Gasteiger partial charge in [-0.1, -0.05) is 29.8 Å². The lowest BCUT2D eigenvalue weighted by molar-refractivity contribution is -0.120. The highest BCUT2D eigenvalue weighted by atomic mass is 35.5. The first kappa shape index (κ1) is 21.6. The lowest BCUT2D eigenvalue weighted by atomic mass is 10.1. The number of hydrogen-bond donors (Lipinski definition) is 1. The summed E-state index contributed by atoms with van der Waals surface area (Å²) in [6, 6.07) is 20.0. The quantitative estimate of drug-likeness (QED) is 0.587. The lowest BCUT2D eigenvalue weighted by Crippen LogP contribution is -2.38. The number of rotatable bonds is 5. The number of para-hydroxylation sites is 2. The molecular weight excluding hydrogens is 426 g/mol. The number of nitrogens with zero attached hydrogens (tertiary/aromatic N) is 2. The highest BCUT2D eigenvalue weighted by molar-refractivity contribution is 6.31. The van der Waals surface area contributed by atoms with Crippen molar-refractivity contribution in [2.24, 2.45) is 4.99 Å². The molecular formula is C25H22ClN3O3. The van der Waals surface area contributed by atoms with E-state index in [1.165, 1.54) is 4.90 Å². The first-order valence-corrected chi connectivity index (χ1v) is 10.5. The Labute approximate surface area is 191 Å². The van der Waals surface area contributed by atoms with Gasteiger partial charge in [-0.15, -0.1) is 0 Å². The number of ether oxygens (including phenoxy) is 1. The van der Waals surface area contributed by atoms with E-state index in [0.29, 0.717) is 27.8 Å². The average molecular weight is 448 g/mol. The molecule has 1 aliphatic rings. The number of aliphatic imine (C=N–C) groups is 1. The number of carbonyl (C=O) groups is 2. The van der Waals surface area contributed by atoms with E-state index in [1.807, 2.05) is 49.4 Å². The zero-order valence-corrected chi connectivity index (χ0v) is 18.5. The summed E-state index contributed by atoms with van der Waals surface area (Å²) in [6.07, 6.45) is 0.0739. The van der Waals surface area contributed by atoms with Crippen LogP contribution in [0.15, 0.2) is 71.7 Å². The van der Waals surface area contributed by atoms with Crippen LogP contribution < -0.4 is 15.0 Å². The normalized spacial score (nSPS) is 13.2. The van der Waals surface area contributed by atoms with Crippen molar-refractivity contribution >= 4 is 46.2 Å². The van der Waals surface area contributed by atoms with Gasteiger partial charge in [0, 0.05) is 10.7 Å². The second kappa shape index (κ2) is 9.24. The molecule has 4 rings (SSSR count). The van der Waals surface area contributed by atoms with Crippen LogP contribution in [0.25, 0.3) is 0 Å². The lowest BCUT2D eigenvalue weighted by Gasteiger charge is -2.22. The minimum Gasteiger partial charge on any atom is -0.497 e. The Morgan fingerprint density at radius 3 is 2.59 bits per heavy atom. The van der Waals surface area contributed by atoms with Gasteiger partial charge in [0.2, 0.25) is 11.8 Å². The van der Waals surface area contributed by atoms with Crippen molar-refractivity contribution < 1.29 is 14.3 Å². The fourth-order valence-corrected chi connectivity index (χ4v) is 3.72. The topological polar surface area (TPSA) is 71.0 Å². The van der Waals surface area contributed by atoms with Gasteiger partial charge < -0.3 is 15.0 Å². The van der Waals surface area contributed by atoms with Crippen LogP contribution in [-0.4, -0.2) is 31.2 Å². The molecule has 6 nitrogen and oxygen atoms in total. The predicted molar refractivity (Wildman–Crippen MR) is 127 cm³/mol. The minimum absolute atomic E-state index is 0.0739. The van der Waals surface area contributed by atoms with Gasteiger partial charge in [-0.25, -0.2) is 0 Å². The Kier molecular flexibility index (Phi) is 6.23. The second-order valence-electron chi connectivity index (χ2n) is 7.39. The third-order valence-electron chi connectivity index (χ3n) is 5.31. The van der Waals surface area contributed by atoms with Crippen LogP contribution in [0.3, 0.4) is 0 Å². The zero-order chi connectivity index (χ0) is 22.7. The van der Waals surface area contributed by atoms with Crippen LogP contribution in [0.2, 0.25) is 5.02 Å². The number of benzene rings is 3. The Balaban J connectivity index is 1.60. The Bertz CT molecular complexity index is 1210. The number of fused-ring (bicyclic) bond motifs is 1. The van der Waals surface area contributed by atoms with Crippen molar-refractivity contribution in [1.82, 2.24) is 0 Å². The summed E-state index contributed by atoms with van der Waals surface area (Å²) in [6.45, 7) is 1.70. The molecule has 0 saturated carbocycles. The number of halogens is 1. The van der Waals surface area contributed by atoms with Gasteiger partial charge in [-0.3, -0.25) is 14.6 Å². The van der Waals surface area contributed by atoms with E-state index < -0.39 is 0 Å². The molecule has 1 heterocycles. The maximum absolute atomic E-state index is 13.2. The van der Waals surface area contributed by atoms with Crippen molar-refractivity contribution in [2.45, 2.75) is 13.3 Å². The molecule has 32 heavy (non-hydrogen) atoms. The molecule has 0 bridgehead atoms. The molecule has 7 heteroatoms. The van der Waals surface area contributed by atoms with Crippen molar-refractivity contribution in [3.05, 3.63) is 82.9 Å². The number of methoxy groups -OCH3 is 1. The van der Waals surface area contributed by atoms with Crippen LogP contribution in [0, 0.1) is 6.92 Å². The van der Waals surface area contributed by atoms with Crippen LogP contribution in [0.5, 0.6) is 5.75 Å². The first-order chi connectivity index (χ1) is 15.5. The van der Waals surface area contributed by atoms with Crippen molar-refractivity contribution in [1.29, 1.82) is 0 Å². The third kappa shape index (κ3) is 4.50. The molecule has 3 aromatic carbocycles. The fourth-order valence-electron chi connectivity index (χ4n) is 3.54. The molecule has 0 aliphatic carbocycles. The largest absolute Gasteiger partial charge is 0.497 e. The SMILES string of the molecule is COc1ccc(C2=Nc3ccccc3N(CC(=O)Nc3cccc(Cl)c3C)C(=O)C2)cc1. The standard InChI is InChI=1S/C25H22ClN3O3/c1-16-19(26)6-5-8-20(16)28-24(30)15-29-23-9-4-3-7-21(23)27-22(14-25(29)31)17-10-12-18(32-2)13-11-17/h3-13H,14-15H2,1-2H3,(H,28,30). The van der Waals surface area contributed by atoms with Gasteiger partial charge in [-0.2, -0.15) is 0 Å². The maximum Gasteiger partial charge on any atom is 0.244 e. The van der Waals surface area contributed by atoms with E-state index in [1.54, 1.807) is 31.4 Å². The molecule has 0 fully saturated rings. The summed E-state index contributed by atoms with van der Waals surface area (Å²) in [4.78, 5) is 32.3. The Morgan fingerprint density at radius 1 is 1.09 bits per heavy atom. The van der Waals surface area contributed by atoms with E-state index in [4.69, 9.17) is 21.3 Å². The van der Waals surface area contributed by atoms with E-state index in [0.717, 1.165) is 16.9 Å². The Morgan fingerprint density at radius 2 is 1.84 bits per heavy atom. The summed E-state index contributed by atoms with van der Waals surface area (Å²) < 4.78 is 5.22. The highest BCUT2D eigenvalue weighted by Gasteiger charge is 2.26. The number of nitrogens with one attached hydrogen (secondary N) is 1. The first-order valence-electron chi connectivity index (χ1n) is 10.1. The number of carbonyl (C=O) groups excluding carboxylic acids is 2. The molecule has 1 N–H and O–H groups in total. The summed E-state index contributed by atoms with van der Waals surface area (Å²) in [5.41, 5.74) is 4.09. The highest BCUT2D eigenvalue weighted by Crippen LogP contribution is 2.33. The van der Waals surface area contributed by atoms with Crippen LogP contribution in [0.1, 0.15) is 17.5 Å². The number of amides is 2. The van der Waals surface area contributed by atoms with Gasteiger partial charge in [0.1, 0.15) is 12.3 Å². The van der Waals surface area contributed by atoms with Gasteiger partial charge >= 0.3 is 0 Å². The van der Waals surface area contributed by atoms with Gasteiger partial charge in [0.15, 0.2) is 0 Å². The number of hydrogen-bond acceptors (Lipinski definition) is 4. The molecule has 1 aliphatic heterocycles. The molecule has 0 unspecified atom stereocenters. The fraction of sp³-hybridized carbons (Fsp3) is 0.160. The monoisotopic (exact) mass is 447 g/mol. The van der Waals surface area contributed by atoms with Gasteiger partial charge in [0.05, 0.1) is 30.6 Å². The smallest absolute Gasteiger partial charge is 0.244 e. The summed E-state index contributed by atoms with van der Waals surface area (Å²) >= 11 is 6.16. The van der Waals surface area contributed by atoms with Crippen molar-refractivity contribution in [3.63, 3.8) is 0 Å². The molecule has 0 radical (unpaired) electrons. The predicted octanol–water partition coefficient (Wildman–Crippen LogP) is 5.15. The summed E-state index contributed by atoms with van der Waals surface area (Å²) in [5.74, 6) is 0.207. The summed E-state index contributed by atoms with van der Waals surface area (Å²) in [7, 11) is 1.60. The van der Waals surface area contributed by atoms with Gasteiger partial charge in [-0.05, 0) is 66.6 Å². The zero-order valence-electron chi connectivity index (χ0n) is 17.8. The van der Waals surface area contributed by atoms with Crippen LogP contribution >= 0.6 is 11.6 Å². The van der Waals surface area contributed by atoms with Gasteiger partial charge in [0.25, 0.3) is 0 Å². The average Bonchev–Trinajstić information content (AvgIpc) is 2.93. The van der Waals surface area contributed by atoms with Crippen molar-refractivity contribution in [3.8, 4) is 5.75 Å². The molecule has 0 saturated heterocycles. The molecule has 2 amide bonds. The molecule has 0 aromatic heterocycles. The molecule has 162 valence electrons. The molecule has 0 atom stereocenters. The van der Waals surface area contributed by atoms with Crippen LogP contribution in [-0.2, 0) is 9.59 Å². The minimum atomic E-state index is -0.314. The second-order valence-corrected chi connectivity index (χ2v) is 7.80. The van der Waals surface area contributed by atoms with Crippen molar-refractivity contribution in [2.75, 3.05) is 23.9 Å². The summed E-state index contributed by atoms with van der Waals surface area (Å²) in [5, 5.41) is 3.42. The molecule has 3 aromatic rings. The van der Waals surface area contributed by atoms with E-state index in [-0.39, 0.29) is 24.8 Å². The van der Waals surface area contributed by atoms with E-state index in [9.17, 15) is 9.59 Å². The number of anilines is 2. The van der Waals surface area contributed by atoms with E-state index in [2.05, 4.69) is 5.32 Å². The van der Waals surface area contributed by atoms with E-state index >= 15 is 0 Å². The molecule has 0 spiro atoms. The Hall–Kier alpha value is -3.64. The third-order valence-corrected chi connectivity index (χ3v) is 5.72. The van der Waals surface area contributed by atoms with Crippen LogP contribution in [0.4, 0.5) is 17.1 Å².